The smallest absolute Gasteiger partial charge is 0.160 e. The maximum Gasteiger partial charge on any atom is 0.160 e. The van der Waals surface area contributed by atoms with Gasteiger partial charge >= 0.3 is 0 Å². The molecule has 0 spiro atoms. The molecule has 2 N–H and O–H groups in total. The molecule has 1 unspecified atom stereocenters. The van der Waals surface area contributed by atoms with Gasteiger partial charge in [-0.25, -0.2) is 0 Å². The number of benzene rings is 1. The number of hydrogen-bond acceptors (Lipinski definition) is 3. The van der Waals surface area contributed by atoms with Crippen molar-refractivity contribution in [2.24, 2.45) is 5.92 Å². The van der Waals surface area contributed by atoms with Gasteiger partial charge in [0.05, 0.1) is 11.7 Å². The summed E-state index contributed by atoms with van der Waals surface area (Å²) in [6.07, 6.45) is -1.71. The van der Waals surface area contributed by atoms with E-state index in [1.54, 1.807) is 6.92 Å². The molecule has 0 bridgehead atoms. The van der Waals surface area contributed by atoms with Gasteiger partial charge in [-0.3, -0.25) is 0 Å². The van der Waals surface area contributed by atoms with Crippen molar-refractivity contribution in [3.05, 3.63) is 35.9 Å². The monoisotopic (exact) mass is 238 g/mol. The van der Waals surface area contributed by atoms with Gasteiger partial charge in [0.1, 0.15) is 0 Å². The molecular weight excluding hydrogens is 216 g/mol. The minimum atomic E-state index is -0.981. The topological polar surface area (TPSA) is 49.7 Å². The Morgan fingerprint density at radius 2 is 1.59 bits per heavy atom. The highest BCUT2D eigenvalue weighted by Crippen LogP contribution is 2.26. The zero-order valence-electron chi connectivity index (χ0n) is 10.9. The molecule has 0 aliphatic heterocycles. The summed E-state index contributed by atoms with van der Waals surface area (Å²) in [6.45, 7) is 7.39. The summed E-state index contributed by atoms with van der Waals surface area (Å²) in [5, 5.41) is 20.0. The second kappa shape index (κ2) is 5.63. The molecule has 3 atom stereocenters. The van der Waals surface area contributed by atoms with E-state index >= 15 is 0 Å². The molecule has 0 aromatic heterocycles. The van der Waals surface area contributed by atoms with E-state index < -0.39 is 18.0 Å². The van der Waals surface area contributed by atoms with Crippen molar-refractivity contribution in [3.63, 3.8) is 0 Å². The van der Waals surface area contributed by atoms with Gasteiger partial charge in [0, 0.05) is 5.92 Å². The van der Waals surface area contributed by atoms with Crippen LogP contribution >= 0.6 is 0 Å². The van der Waals surface area contributed by atoms with Crippen molar-refractivity contribution in [3.8, 4) is 0 Å². The van der Waals surface area contributed by atoms with E-state index in [4.69, 9.17) is 4.74 Å². The first-order chi connectivity index (χ1) is 7.81. The average molecular weight is 238 g/mol. The summed E-state index contributed by atoms with van der Waals surface area (Å²) in [5.74, 6) is -0.378. The number of rotatable bonds is 4. The maximum absolute atomic E-state index is 10.1. The fraction of sp³-hybridized carbons (Fsp3) is 0.571. The molecule has 0 heterocycles. The molecular formula is C14H22O3. The van der Waals surface area contributed by atoms with E-state index in [0.717, 1.165) is 5.56 Å². The van der Waals surface area contributed by atoms with E-state index in [1.807, 2.05) is 51.1 Å². The highest BCUT2D eigenvalue weighted by molar-refractivity contribution is 5.17. The van der Waals surface area contributed by atoms with Gasteiger partial charge < -0.3 is 14.9 Å². The standard InChI is InChI=1S/C14H22O3/c1-10(13(16)17-14(2,3)4)12(15)11-8-6-5-7-9-11/h5-10,12-13,15-16H,1-4H3/t10-,12+,13?/m0/s1. The molecule has 0 aliphatic carbocycles. The molecule has 1 rings (SSSR count). The van der Waals surface area contributed by atoms with Crippen molar-refractivity contribution >= 4 is 0 Å². The summed E-state index contributed by atoms with van der Waals surface area (Å²) >= 11 is 0. The molecule has 1 aromatic carbocycles. The number of ether oxygens (including phenoxy) is 1. The quantitative estimate of drug-likeness (QED) is 0.792. The molecule has 1 aromatic rings. The summed E-state index contributed by atoms with van der Waals surface area (Å²) in [5.41, 5.74) is 0.362. The van der Waals surface area contributed by atoms with E-state index in [1.165, 1.54) is 0 Å². The average Bonchev–Trinajstić information content (AvgIpc) is 2.26. The highest BCUT2D eigenvalue weighted by Gasteiger charge is 2.27. The van der Waals surface area contributed by atoms with Crippen molar-refractivity contribution in [1.29, 1.82) is 0 Å². The van der Waals surface area contributed by atoms with Crippen LogP contribution < -0.4 is 0 Å². The van der Waals surface area contributed by atoms with Crippen LogP contribution in [0.25, 0.3) is 0 Å². The van der Waals surface area contributed by atoms with Gasteiger partial charge in [-0.1, -0.05) is 37.3 Å². The van der Waals surface area contributed by atoms with Gasteiger partial charge in [0.15, 0.2) is 6.29 Å². The fourth-order valence-electron chi connectivity index (χ4n) is 1.58. The Bertz CT molecular complexity index is 329. The third kappa shape index (κ3) is 4.46. The lowest BCUT2D eigenvalue weighted by atomic mass is 9.96. The lowest BCUT2D eigenvalue weighted by Gasteiger charge is -2.30. The minimum Gasteiger partial charge on any atom is -0.388 e. The van der Waals surface area contributed by atoms with E-state index in [-0.39, 0.29) is 5.92 Å². The van der Waals surface area contributed by atoms with Crippen molar-refractivity contribution in [2.75, 3.05) is 0 Å². The largest absolute Gasteiger partial charge is 0.388 e. The highest BCUT2D eigenvalue weighted by atomic mass is 16.6. The molecule has 0 aliphatic rings. The zero-order valence-corrected chi connectivity index (χ0v) is 10.9. The van der Waals surface area contributed by atoms with Crippen molar-refractivity contribution in [2.45, 2.75) is 45.7 Å². The predicted octanol–water partition coefficient (Wildman–Crippen LogP) is 2.49. The van der Waals surface area contributed by atoms with Crippen LogP contribution in [-0.4, -0.2) is 22.1 Å². The Hall–Kier alpha value is -0.900. The number of aliphatic hydroxyl groups is 2. The number of hydrogen-bond donors (Lipinski definition) is 2. The van der Waals surface area contributed by atoms with Gasteiger partial charge in [-0.15, -0.1) is 0 Å². The Morgan fingerprint density at radius 3 is 2.06 bits per heavy atom. The molecule has 0 amide bonds. The lowest BCUT2D eigenvalue weighted by Crippen LogP contribution is -2.34. The summed E-state index contributed by atoms with van der Waals surface area (Å²) in [7, 11) is 0. The second-order valence-electron chi connectivity index (χ2n) is 5.34. The summed E-state index contributed by atoms with van der Waals surface area (Å²) in [6, 6.07) is 9.30. The second-order valence-corrected chi connectivity index (χ2v) is 5.34. The van der Waals surface area contributed by atoms with Crippen LogP contribution in [0.4, 0.5) is 0 Å². The SMILES string of the molecule is C[C@H](C(O)OC(C)(C)C)[C@@H](O)c1ccccc1. The molecule has 0 radical (unpaired) electrons. The molecule has 3 nitrogen and oxygen atoms in total. The maximum atomic E-state index is 10.1. The number of aliphatic hydroxyl groups excluding tert-OH is 2. The van der Waals surface area contributed by atoms with E-state index in [9.17, 15) is 10.2 Å². The van der Waals surface area contributed by atoms with Crippen molar-refractivity contribution < 1.29 is 14.9 Å². The molecule has 0 saturated heterocycles. The van der Waals surface area contributed by atoms with Crippen LogP contribution in [0, 0.1) is 5.92 Å². The molecule has 96 valence electrons. The van der Waals surface area contributed by atoms with Crippen LogP contribution in [0.1, 0.15) is 39.4 Å². The van der Waals surface area contributed by atoms with Gasteiger partial charge in [0.2, 0.25) is 0 Å². The lowest BCUT2D eigenvalue weighted by molar-refractivity contribution is -0.204. The van der Waals surface area contributed by atoms with Crippen LogP contribution in [0.2, 0.25) is 0 Å². The molecule has 0 fully saturated rings. The molecule has 17 heavy (non-hydrogen) atoms. The first kappa shape index (κ1) is 14.2. The molecule has 3 heteroatoms. The van der Waals surface area contributed by atoms with Crippen LogP contribution in [-0.2, 0) is 4.74 Å². The van der Waals surface area contributed by atoms with Gasteiger partial charge in [0.25, 0.3) is 0 Å². The normalized spacial score (nSPS) is 17.5. The third-order valence-electron chi connectivity index (χ3n) is 2.56. The fourth-order valence-corrected chi connectivity index (χ4v) is 1.58. The van der Waals surface area contributed by atoms with E-state index in [0.29, 0.717) is 0 Å². The Labute approximate surface area is 103 Å². The first-order valence-corrected chi connectivity index (χ1v) is 5.90. The third-order valence-corrected chi connectivity index (χ3v) is 2.56. The van der Waals surface area contributed by atoms with Crippen LogP contribution in [0.15, 0.2) is 30.3 Å². The van der Waals surface area contributed by atoms with Crippen LogP contribution in [0.3, 0.4) is 0 Å². The van der Waals surface area contributed by atoms with Crippen molar-refractivity contribution in [1.82, 2.24) is 0 Å². The van der Waals surface area contributed by atoms with Gasteiger partial charge in [-0.05, 0) is 26.3 Å². The Morgan fingerprint density at radius 1 is 1.06 bits per heavy atom. The van der Waals surface area contributed by atoms with Crippen LogP contribution in [0.5, 0.6) is 0 Å². The van der Waals surface area contributed by atoms with E-state index in [2.05, 4.69) is 0 Å². The minimum absolute atomic E-state index is 0.378. The molecule has 0 saturated carbocycles. The predicted molar refractivity (Wildman–Crippen MR) is 67.4 cm³/mol. The summed E-state index contributed by atoms with van der Waals surface area (Å²) < 4.78 is 5.44. The zero-order chi connectivity index (χ0) is 13.1. The Balaban J connectivity index is 2.67. The summed E-state index contributed by atoms with van der Waals surface area (Å²) in [4.78, 5) is 0. The first-order valence-electron chi connectivity index (χ1n) is 5.90. The van der Waals surface area contributed by atoms with Gasteiger partial charge in [-0.2, -0.15) is 0 Å². The Kier molecular flexibility index (Phi) is 4.69.